The molecule has 1 saturated heterocycles. The first-order chi connectivity index (χ1) is 17.6. The molecule has 1 heterocycles. The van der Waals surface area contributed by atoms with Crippen LogP contribution in [0.15, 0.2) is 42.5 Å². The highest BCUT2D eigenvalue weighted by Crippen LogP contribution is 2.22. The number of nitrogens with zero attached hydrogens (tertiary/aromatic N) is 2. The Hall–Kier alpha value is -2.08. The second kappa shape index (κ2) is 21.0. The van der Waals surface area contributed by atoms with Crippen molar-refractivity contribution in [3.8, 4) is 11.8 Å². The Morgan fingerprint density at radius 2 is 1.44 bits per heavy atom. The fourth-order valence-corrected chi connectivity index (χ4v) is 4.61. The molecule has 1 fully saturated rings. The fourth-order valence-electron chi connectivity index (χ4n) is 4.61. The minimum Gasteiger partial charge on any atom is -0.301 e. The van der Waals surface area contributed by atoms with E-state index in [0.717, 1.165) is 25.4 Å². The zero-order chi connectivity index (χ0) is 27.3. The quantitative estimate of drug-likeness (QED) is 0.357. The molecule has 3 rings (SSSR count). The molecule has 36 heavy (non-hydrogen) atoms. The molecule has 1 aliphatic heterocycles. The molecular formula is C34H56N2. The van der Waals surface area contributed by atoms with Crippen molar-refractivity contribution in [2.45, 2.75) is 108 Å². The summed E-state index contributed by atoms with van der Waals surface area (Å²) < 4.78 is 0. The lowest BCUT2D eigenvalue weighted by molar-refractivity contribution is 0.112. The maximum Gasteiger partial charge on any atom is 0.0251 e. The van der Waals surface area contributed by atoms with E-state index in [9.17, 15) is 0 Å². The van der Waals surface area contributed by atoms with Gasteiger partial charge in [-0.25, -0.2) is 0 Å². The van der Waals surface area contributed by atoms with E-state index in [0.29, 0.717) is 0 Å². The SMILES string of the molecule is CC.CC.CC.CCN(CC)C1CCN(Cc2cc(C#CCCc3ccccc3)cc(C)c2C)CC1. The average Bonchev–Trinajstić information content (AvgIpc) is 2.95. The summed E-state index contributed by atoms with van der Waals surface area (Å²) in [5.41, 5.74) is 6.76. The van der Waals surface area contributed by atoms with Gasteiger partial charge in [-0.3, -0.25) is 4.90 Å². The maximum absolute atomic E-state index is 3.42. The van der Waals surface area contributed by atoms with Crippen molar-refractivity contribution in [2.24, 2.45) is 0 Å². The Bertz CT molecular complexity index is 848. The zero-order valence-corrected chi connectivity index (χ0v) is 25.4. The van der Waals surface area contributed by atoms with Crippen LogP contribution in [-0.4, -0.2) is 42.0 Å². The number of aryl methyl sites for hydroxylation is 2. The topological polar surface area (TPSA) is 6.48 Å². The Morgan fingerprint density at radius 3 is 2.00 bits per heavy atom. The van der Waals surface area contributed by atoms with Crippen molar-refractivity contribution in [3.63, 3.8) is 0 Å². The Morgan fingerprint density at radius 1 is 0.861 bits per heavy atom. The molecule has 0 spiro atoms. The summed E-state index contributed by atoms with van der Waals surface area (Å²) in [6.07, 6.45) is 4.51. The first kappa shape index (κ1) is 33.9. The molecule has 0 amide bonds. The number of piperidine rings is 1. The van der Waals surface area contributed by atoms with E-state index in [1.54, 1.807) is 0 Å². The van der Waals surface area contributed by atoms with Crippen molar-refractivity contribution in [2.75, 3.05) is 26.2 Å². The number of likely N-dealkylation sites (tertiary alicyclic amines) is 1. The highest BCUT2D eigenvalue weighted by atomic mass is 15.2. The second-order valence-electron chi connectivity index (χ2n) is 8.59. The third-order valence-corrected chi connectivity index (χ3v) is 6.67. The first-order valence-corrected chi connectivity index (χ1v) is 14.7. The third-order valence-electron chi connectivity index (χ3n) is 6.67. The van der Waals surface area contributed by atoms with Crippen molar-refractivity contribution in [3.05, 3.63) is 70.3 Å². The highest BCUT2D eigenvalue weighted by molar-refractivity contribution is 5.45. The molecule has 0 radical (unpaired) electrons. The van der Waals surface area contributed by atoms with Gasteiger partial charge in [-0.2, -0.15) is 0 Å². The van der Waals surface area contributed by atoms with Crippen LogP contribution in [0.4, 0.5) is 0 Å². The van der Waals surface area contributed by atoms with E-state index < -0.39 is 0 Å². The van der Waals surface area contributed by atoms with Gasteiger partial charge in [0.2, 0.25) is 0 Å². The lowest BCUT2D eigenvalue weighted by Crippen LogP contribution is -2.44. The smallest absolute Gasteiger partial charge is 0.0251 e. The van der Waals surface area contributed by atoms with Crippen LogP contribution in [0.1, 0.15) is 102 Å². The fraction of sp³-hybridized carbons (Fsp3) is 0.588. The number of rotatable bonds is 7. The predicted molar refractivity (Wildman–Crippen MR) is 163 cm³/mol. The van der Waals surface area contributed by atoms with Crippen LogP contribution in [-0.2, 0) is 13.0 Å². The van der Waals surface area contributed by atoms with Gasteiger partial charge in [-0.05, 0) is 93.7 Å². The molecule has 0 unspecified atom stereocenters. The van der Waals surface area contributed by atoms with Crippen LogP contribution in [0, 0.1) is 25.7 Å². The minimum atomic E-state index is 0.765. The van der Waals surface area contributed by atoms with Crippen molar-refractivity contribution in [1.82, 2.24) is 9.80 Å². The molecule has 202 valence electrons. The number of hydrogen-bond donors (Lipinski definition) is 0. The number of benzene rings is 2. The van der Waals surface area contributed by atoms with Gasteiger partial charge in [0.25, 0.3) is 0 Å². The molecule has 0 N–H and O–H groups in total. The predicted octanol–water partition coefficient (Wildman–Crippen LogP) is 8.67. The molecule has 0 aliphatic carbocycles. The van der Waals surface area contributed by atoms with Crippen LogP contribution >= 0.6 is 0 Å². The summed E-state index contributed by atoms with van der Waals surface area (Å²) in [4.78, 5) is 5.26. The van der Waals surface area contributed by atoms with Gasteiger partial charge in [0.05, 0.1) is 0 Å². The van der Waals surface area contributed by atoms with Crippen LogP contribution in [0.3, 0.4) is 0 Å². The standard InChI is InChI=1S/C28H38N2.3C2H6/c1-5-30(6-2)28-16-18-29(19-17-28)22-27-21-26(20-23(3)24(27)4)15-11-10-14-25-12-8-7-9-13-25;3*1-2/h7-9,12-13,20-21,28H,5-6,10,14,16-19,22H2,1-4H3;3*1-2H3. The van der Waals surface area contributed by atoms with E-state index >= 15 is 0 Å². The second-order valence-corrected chi connectivity index (χ2v) is 8.59. The van der Waals surface area contributed by atoms with Gasteiger partial charge in [0.1, 0.15) is 0 Å². The van der Waals surface area contributed by atoms with Gasteiger partial charge < -0.3 is 4.90 Å². The monoisotopic (exact) mass is 492 g/mol. The van der Waals surface area contributed by atoms with E-state index in [2.05, 4.69) is 91.8 Å². The summed E-state index contributed by atoms with van der Waals surface area (Å²) in [6, 6.07) is 16.0. The molecule has 2 aromatic rings. The molecule has 2 aromatic carbocycles. The Labute approximate surface area is 225 Å². The molecule has 0 saturated carbocycles. The molecular weight excluding hydrogens is 436 g/mol. The van der Waals surface area contributed by atoms with E-state index in [1.807, 2.05) is 41.5 Å². The van der Waals surface area contributed by atoms with Crippen LogP contribution in [0.25, 0.3) is 0 Å². The molecule has 2 heteroatoms. The first-order valence-electron chi connectivity index (χ1n) is 14.7. The largest absolute Gasteiger partial charge is 0.301 e. The summed E-state index contributed by atoms with van der Waals surface area (Å²) in [5, 5.41) is 0. The molecule has 0 atom stereocenters. The average molecular weight is 493 g/mol. The molecule has 0 bridgehead atoms. The van der Waals surface area contributed by atoms with Crippen LogP contribution < -0.4 is 0 Å². The van der Waals surface area contributed by atoms with Crippen LogP contribution in [0.5, 0.6) is 0 Å². The van der Waals surface area contributed by atoms with Gasteiger partial charge in [-0.1, -0.05) is 97.6 Å². The highest BCUT2D eigenvalue weighted by Gasteiger charge is 2.23. The van der Waals surface area contributed by atoms with Crippen molar-refractivity contribution >= 4 is 0 Å². The Balaban J connectivity index is 0.00000190. The van der Waals surface area contributed by atoms with E-state index in [4.69, 9.17) is 0 Å². The van der Waals surface area contributed by atoms with Gasteiger partial charge in [-0.15, -0.1) is 0 Å². The van der Waals surface area contributed by atoms with Crippen molar-refractivity contribution < 1.29 is 0 Å². The molecule has 1 aliphatic rings. The van der Waals surface area contributed by atoms with Crippen LogP contribution in [0.2, 0.25) is 0 Å². The number of hydrogen-bond acceptors (Lipinski definition) is 2. The van der Waals surface area contributed by atoms with Gasteiger partial charge in [0.15, 0.2) is 0 Å². The van der Waals surface area contributed by atoms with Gasteiger partial charge in [0, 0.05) is 24.6 Å². The lowest BCUT2D eigenvalue weighted by atomic mass is 9.97. The molecule has 2 nitrogen and oxygen atoms in total. The lowest BCUT2D eigenvalue weighted by Gasteiger charge is -2.38. The summed E-state index contributed by atoms with van der Waals surface area (Å²) in [6.45, 7) is 26.9. The summed E-state index contributed by atoms with van der Waals surface area (Å²) in [7, 11) is 0. The third kappa shape index (κ3) is 11.8. The minimum absolute atomic E-state index is 0.765. The summed E-state index contributed by atoms with van der Waals surface area (Å²) in [5.74, 6) is 6.81. The van der Waals surface area contributed by atoms with E-state index in [-0.39, 0.29) is 0 Å². The summed E-state index contributed by atoms with van der Waals surface area (Å²) >= 11 is 0. The zero-order valence-electron chi connectivity index (χ0n) is 25.4. The Kier molecular flexibility index (Phi) is 19.8. The van der Waals surface area contributed by atoms with E-state index in [1.165, 1.54) is 66.8 Å². The molecule has 0 aromatic heterocycles. The maximum atomic E-state index is 3.42. The van der Waals surface area contributed by atoms with Gasteiger partial charge >= 0.3 is 0 Å². The van der Waals surface area contributed by atoms with Crippen molar-refractivity contribution in [1.29, 1.82) is 0 Å². The normalized spacial score (nSPS) is 13.2.